The maximum absolute atomic E-state index is 9.55. The fourth-order valence-electron chi connectivity index (χ4n) is 1.78. The van der Waals surface area contributed by atoms with Crippen LogP contribution in [-0.2, 0) is 0 Å². The maximum Gasteiger partial charge on any atom is 0.124 e. The number of nitrogens with one attached hydrogen (secondary N) is 1. The van der Waals surface area contributed by atoms with Crippen LogP contribution in [0.5, 0.6) is 5.75 Å². The van der Waals surface area contributed by atoms with Crippen LogP contribution in [0, 0.1) is 0 Å². The minimum atomic E-state index is 0.335. The minimum absolute atomic E-state index is 0.335. The molecule has 0 bridgehead atoms. The van der Waals surface area contributed by atoms with Gasteiger partial charge in [0.05, 0.1) is 0 Å². The van der Waals surface area contributed by atoms with E-state index in [9.17, 15) is 5.11 Å². The normalized spacial score (nSPS) is 11.1. The van der Waals surface area contributed by atoms with E-state index in [1.54, 1.807) is 6.07 Å². The highest BCUT2D eigenvalue weighted by atomic mass is 16.3. The Morgan fingerprint density at radius 3 is 2.79 bits per heavy atom. The molecule has 2 heteroatoms. The second-order valence-corrected chi connectivity index (χ2v) is 3.40. The van der Waals surface area contributed by atoms with Gasteiger partial charge in [-0.05, 0) is 29.7 Å². The molecule has 2 nitrogen and oxygen atoms in total. The third-order valence-corrected chi connectivity index (χ3v) is 2.50. The molecule has 1 aromatic rings. The van der Waals surface area contributed by atoms with Crippen molar-refractivity contribution in [1.29, 1.82) is 0 Å². The first-order chi connectivity index (χ1) is 6.84. The quantitative estimate of drug-likeness (QED) is 0.552. The first-order valence-corrected chi connectivity index (χ1v) is 4.54. The monoisotopic (exact) mass is 183 g/mol. The van der Waals surface area contributed by atoms with Gasteiger partial charge < -0.3 is 10.1 Å². The van der Waals surface area contributed by atoms with Crippen molar-refractivity contribution < 1.29 is 5.11 Å². The molecule has 2 N–H and O–H groups in total. The van der Waals surface area contributed by atoms with Crippen LogP contribution in [0.4, 0.5) is 0 Å². The zero-order chi connectivity index (χ0) is 9.54. The lowest BCUT2D eigenvalue weighted by Crippen LogP contribution is -1.83. The van der Waals surface area contributed by atoms with Crippen molar-refractivity contribution in [2.45, 2.75) is 0 Å². The van der Waals surface area contributed by atoms with Crippen LogP contribution in [0.15, 0.2) is 42.5 Å². The van der Waals surface area contributed by atoms with Crippen molar-refractivity contribution in [1.82, 2.24) is 4.98 Å². The van der Waals surface area contributed by atoms with E-state index in [2.05, 4.69) is 4.98 Å². The molecule has 0 fully saturated rings. The molecule has 0 spiro atoms. The summed E-state index contributed by atoms with van der Waals surface area (Å²) in [6.45, 7) is 0. The van der Waals surface area contributed by atoms with Crippen LogP contribution >= 0.6 is 0 Å². The van der Waals surface area contributed by atoms with Crippen LogP contribution in [0.1, 0.15) is 0 Å². The van der Waals surface area contributed by atoms with E-state index in [0.29, 0.717) is 5.75 Å². The molecule has 1 heterocycles. The van der Waals surface area contributed by atoms with Crippen LogP contribution in [0.3, 0.4) is 0 Å². The van der Waals surface area contributed by atoms with Crippen LogP contribution in [0.25, 0.3) is 22.2 Å². The smallest absolute Gasteiger partial charge is 0.124 e. The number of rotatable bonds is 0. The average Bonchev–Trinajstić information content (AvgIpc) is 2.57. The summed E-state index contributed by atoms with van der Waals surface area (Å²) in [4.78, 5) is 3.27. The van der Waals surface area contributed by atoms with E-state index in [4.69, 9.17) is 0 Å². The Morgan fingerprint density at radius 1 is 1.00 bits per heavy atom. The average molecular weight is 183 g/mol. The fraction of sp³-hybridized carbons (Fsp3) is 0. The maximum atomic E-state index is 9.55. The molecular weight excluding hydrogens is 174 g/mol. The Kier molecular flexibility index (Phi) is 1.34. The first-order valence-electron chi connectivity index (χ1n) is 4.54. The number of hydrogen-bond acceptors (Lipinski definition) is 1. The number of hydrogen-bond donors (Lipinski definition) is 2. The summed E-state index contributed by atoms with van der Waals surface area (Å²) in [6, 6.07) is 13.6. The summed E-state index contributed by atoms with van der Waals surface area (Å²) in [5.74, 6) is 0.335. The fourth-order valence-corrected chi connectivity index (χ4v) is 1.78. The summed E-state index contributed by atoms with van der Waals surface area (Å²) in [7, 11) is 0. The largest absolute Gasteiger partial charge is 0.507 e. The highest BCUT2D eigenvalue weighted by molar-refractivity contribution is 5.87. The second kappa shape index (κ2) is 2.51. The molecule has 0 amide bonds. The summed E-state index contributed by atoms with van der Waals surface area (Å²) in [6.07, 6.45) is 0. The van der Waals surface area contributed by atoms with E-state index < -0.39 is 0 Å². The van der Waals surface area contributed by atoms with Gasteiger partial charge in [-0.3, -0.25) is 0 Å². The summed E-state index contributed by atoms with van der Waals surface area (Å²) in [5, 5.41) is 10.7. The zero-order valence-electron chi connectivity index (χ0n) is 7.49. The lowest BCUT2D eigenvalue weighted by Gasteiger charge is -2.04. The Bertz CT molecular complexity index is 568. The van der Waals surface area contributed by atoms with Gasteiger partial charge >= 0.3 is 0 Å². The van der Waals surface area contributed by atoms with Gasteiger partial charge in [0, 0.05) is 16.8 Å². The Morgan fingerprint density at radius 2 is 1.86 bits per heavy atom. The van der Waals surface area contributed by atoms with Gasteiger partial charge in [-0.1, -0.05) is 18.2 Å². The first kappa shape index (κ1) is 7.44. The van der Waals surface area contributed by atoms with E-state index in [-0.39, 0.29) is 0 Å². The van der Waals surface area contributed by atoms with Gasteiger partial charge in [0.2, 0.25) is 0 Å². The predicted molar refractivity (Wildman–Crippen MR) is 56.6 cm³/mol. The van der Waals surface area contributed by atoms with Crippen molar-refractivity contribution in [3.8, 4) is 17.0 Å². The van der Waals surface area contributed by atoms with Crippen LogP contribution in [0.2, 0.25) is 0 Å². The molecule has 0 aromatic heterocycles. The highest BCUT2D eigenvalue weighted by Crippen LogP contribution is 2.33. The number of fused-ring (bicyclic) bond motifs is 2. The number of aromatic hydroxyl groups is 1. The van der Waals surface area contributed by atoms with Gasteiger partial charge in [-0.15, -0.1) is 0 Å². The summed E-state index contributed by atoms with van der Waals surface area (Å²) >= 11 is 0. The number of aromatic nitrogens is 1. The van der Waals surface area contributed by atoms with E-state index in [1.807, 2.05) is 36.4 Å². The molecule has 1 aromatic carbocycles. The SMILES string of the molecule is Oc1ccc2[nH]c3ccccc3cc1-2. The minimum Gasteiger partial charge on any atom is -0.507 e. The van der Waals surface area contributed by atoms with Crippen molar-refractivity contribution in [3.05, 3.63) is 42.5 Å². The second-order valence-electron chi connectivity index (χ2n) is 3.40. The standard InChI is InChI=1S/C12H9NO/c14-12-6-5-11-9(12)7-8-3-1-2-4-10(8)13-11/h1-7,13-14H. The Balaban J connectivity index is 2.49. The van der Waals surface area contributed by atoms with Crippen molar-refractivity contribution in [2.24, 2.45) is 0 Å². The van der Waals surface area contributed by atoms with Gasteiger partial charge in [-0.25, -0.2) is 0 Å². The van der Waals surface area contributed by atoms with Crippen LogP contribution < -0.4 is 0 Å². The molecule has 0 unspecified atom stereocenters. The number of pyridine rings is 1. The molecule has 1 aliphatic heterocycles. The molecule has 0 radical (unpaired) electrons. The molecule has 14 heavy (non-hydrogen) atoms. The third kappa shape index (κ3) is 0.909. The summed E-state index contributed by atoms with van der Waals surface area (Å²) in [5.41, 5.74) is 2.94. The molecular formula is C12H9NO. The van der Waals surface area contributed by atoms with E-state index in [0.717, 1.165) is 22.2 Å². The van der Waals surface area contributed by atoms with E-state index in [1.165, 1.54) is 0 Å². The predicted octanol–water partition coefficient (Wildman–Crippen LogP) is 2.98. The molecule has 0 atom stereocenters. The Hall–Kier alpha value is -1.96. The zero-order valence-corrected chi connectivity index (χ0v) is 7.49. The van der Waals surface area contributed by atoms with Crippen LogP contribution in [-0.4, -0.2) is 10.1 Å². The number of H-pyrrole nitrogens is 1. The van der Waals surface area contributed by atoms with E-state index >= 15 is 0 Å². The molecule has 3 rings (SSSR count). The Labute approximate surface area is 81.2 Å². The van der Waals surface area contributed by atoms with Crippen molar-refractivity contribution >= 4 is 10.9 Å². The summed E-state index contributed by atoms with van der Waals surface area (Å²) < 4.78 is 0. The highest BCUT2D eigenvalue weighted by Gasteiger charge is 2.09. The number of benzene rings is 1. The third-order valence-electron chi connectivity index (χ3n) is 2.50. The number of aromatic amines is 1. The molecule has 68 valence electrons. The number of para-hydroxylation sites is 1. The van der Waals surface area contributed by atoms with Crippen molar-refractivity contribution in [2.75, 3.05) is 0 Å². The molecule has 0 saturated heterocycles. The lowest BCUT2D eigenvalue weighted by atomic mass is 10.1. The molecule has 2 aliphatic rings. The van der Waals surface area contributed by atoms with Gasteiger partial charge in [0.15, 0.2) is 0 Å². The van der Waals surface area contributed by atoms with Gasteiger partial charge in [0.1, 0.15) is 5.75 Å². The lowest BCUT2D eigenvalue weighted by molar-refractivity contribution is 0.479. The van der Waals surface area contributed by atoms with Crippen molar-refractivity contribution in [3.63, 3.8) is 0 Å². The van der Waals surface area contributed by atoms with Gasteiger partial charge in [0.25, 0.3) is 0 Å². The topological polar surface area (TPSA) is 36.0 Å². The van der Waals surface area contributed by atoms with Gasteiger partial charge in [-0.2, -0.15) is 0 Å². The molecule has 0 saturated carbocycles. The molecule has 1 aliphatic carbocycles.